The Bertz CT molecular complexity index is 2580. The number of Topliss-reactive ketones (excluding diaryl/α,β-unsaturated/α-hetero) is 2. The van der Waals surface area contributed by atoms with Crippen LogP contribution in [0.25, 0.3) is 0 Å². The largest absolute Gasteiger partial charge is 1.00 e. The summed E-state index contributed by atoms with van der Waals surface area (Å²) in [5.74, 6) is -4.46. The van der Waals surface area contributed by atoms with Gasteiger partial charge in [-0.25, -0.2) is 0 Å². The Morgan fingerprint density at radius 2 is 1.62 bits per heavy atom. The van der Waals surface area contributed by atoms with Gasteiger partial charge in [-0.15, -0.1) is 0 Å². The number of phosphoric ester groups is 1. The van der Waals surface area contributed by atoms with E-state index in [1.54, 1.807) is 19.9 Å². The summed E-state index contributed by atoms with van der Waals surface area (Å²) in [5, 5.41) is 76.3. The number of rotatable bonds is 9. The van der Waals surface area contributed by atoms with Crippen molar-refractivity contribution >= 4 is 36.7 Å². The third-order valence-corrected chi connectivity index (χ3v) is 17.1. The van der Waals surface area contributed by atoms with E-state index in [4.69, 9.17) is 19.9 Å². The first-order valence-corrected chi connectivity index (χ1v) is 24.5. The third-order valence-electron chi connectivity index (χ3n) is 16.7. The van der Waals surface area contributed by atoms with Crippen LogP contribution in [0.3, 0.4) is 0 Å². The first-order valence-electron chi connectivity index (χ1n) is 23.1. The summed E-state index contributed by atoms with van der Waals surface area (Å²) in [6.07, 6.45) is -0.536. The van der Waals surface area contributed by atoms with Gasteiger partial charge < -0.3 is 74.6 Å². The molecule has 2 aromatic rings. The zero-order chi connectivity index (χ0) is 50.5. The molecule has 0 bridgehead atoms. The monoisotopic (exact) mass is 1030 g/mol. The second-order valence-corrected chi connectivity index (χ2v) is 21.4. The number of phenols is 2. The molecule has 0 radical (unpaired) electrons. The van der Waals surface area contributed by atoms with Crippen LogP contribution in [-0.2, 0) is 39.4 Å². The van der Waals surface area contributed by atoms with Gasteiger partial charge in [0.05, 0.1) is 56.0 Å². The van der Waals surface area contributed by atoms with E-state index < -0.39 is 133 Å². The van der Waals surface area contributed by atoms with Crippen molar-refractivity contribution in [1.29, 1.82) is 0 Å². The number of ether oxygens (including phenoxy) is 3. The number of methoxy groups -OCH3 is 1. The van der Waals surface area contributed by atoms with Gasteiger partial charge in [0.2, 0.25) is 5.78 Å². The molecule has 0 unspecified atom stereocenters. The molecule has 3 saturated carbocycles. The maximum atomic E-state index is 13.6. The third kappa shape index (κ3) is 9.80. The Kier molecular flexibility index (Phi) is 17.2. The molecule has 0 aromatic heterocycles. The van der Waals surface area contributed by atoms with Crippen molar-refractivity contribution in [3.63, 3.8) is 0 Å². The average molecular weight is 1030 g/mol. The molecule has 7 aliphatic rings. The summed E-state index contributed by atoms with van der Waals surface area (Å²) in [5.41, 5.74) is 0.411. The van der Waals surface area contributed by atoms with Crippen LogP contribution in [0.4, 0.5) is 0 Å². The van der Waals surface area contributed by atoms with Crippen molar-refractivity contribution in [2.24, 2.45) is 34.3 Å². The standard InChI is InChI=1S/C27H29NO11.C21H31O8P.2Na/c1-10-22(31)13(28)6-17(38-10)39-15-8-27(36,16(30)9-29)7-12-19(15)26(35)21-20(24(12)33)23(32)11-4-3-5-14(37-2)18(11)25(21)34;1-19-7-5-13(22)9-12(19)3-4-14-15-6-8-21(25,17(24)11-29-30(26,27)28)20(15,2)10-16(23)18(14)19;;/h3-5,10,13,15,17,22,29,31,33,35-36H,6-9,28H2,1-2H3;9,14-16,18,23,25H,3-8,10-11H2,1-2H3,(H2,26,27,28);;/q;;2*+1/p-2/t10-,13-,15-,17-,22-,27-;14-,15-,16-,18+,19-,20-,21-;;/m00../s1. The van der Waals surface area contributed by atoms with Crippen LogP contribution in [0.1, 0.15) is 128 Å². The summed E-state index contributed by atoms with van der Waals surface area (Å²) < 4.78 is 31.9. The molecule has 2 aromatic carbocycles. The van der Waals surface area contributed by atoms with E-state index in [-0.39, 0.29) is 135 Å². The summed E-state index contributed by atoms with van der Waals surface area (Å²) in [6.45, 7) is 3.48. The molecule has 71 heavy (non-hydrogen) atoms. The van der Waals surface area contributed by atoms with Crippen LogP contribution in [0.2, 0.25) is 0 Å². The van der Waals surface area contributed by atoms with Crippen molar-refractivity contribution in [3.05, 3.63) is 63.2 Å². The predicted molar refractivity (Wildman–Crippen MR) is 233 cm³/mol. The van der Waals surface area contributed by atoms with E-state index in [1.165, 1.54) is 25.3 Å². The molecule has 0 spiro atoms. The number of aromatic hydroxyl groups is 2. The van der Waals surface area contributed by atoms with Gasteiger partial charge in [-0.2, -0.15) is 0 Å². The summed E-state index contributed by atoms with van der Waals surface area (Å²) >= 11 is 0. The normalized spacial score (nSPS) is 35.8. The summed E-state index contributed by atoms with van der Waals surface area (Å²) in [4.78, 5) is 86.0. The van der Waals surface area contributed by atoms with Gasteiger partial charge in [0.25, 0.3) is 0 Å². The number of carbonyl (C=O) groups excluding carboxylic acids is 5. The van der Waals surface area contributed by atoms with Crippen molar-refractivity contribution in [1.82, 2.24) is 0 Å². The summed E-state index contributed by atoms with van der Waals surface area (Å²) in [7, 11) is -4.01. The molecule has 1 saturated heterocycles. The minimum atomic E-state index is -5.33. The van der Waals surface area contributed by atoms with Crippen LogP contribution >= 0.6 is 7.82 Å². The number of aliphatic hydroxyl groups is 5. The molecule has 13 atom stereocenters. The van der Waals surface area contributed by atoms with Gasteiger partial charge in [-0.3, -0.25) is 24.0 Å². The van der Waals surface area contributed by atoms with Gasteiger partial charge in [0, 0.05) is 53.8 Å². The van der Waals surface area contributed by atoms with Gasteiger partial charge in [-0.05, 0) is 80.8 Å². The maximum absolute atomic E-state index is 13.6. The topological polar surface area (TPSA) is 353 Å². The van der Waals surface area contributed by atoms with Crippen LogP contribution in [-0.4, -0.2) is 127 Å². The molecule has 23 heteroatoms. The smallest absolute Gasteiger partial charge is 0.790 e. The zero-order valence-electron chi connectivity index (χ0n) is 40.5. The van der Waals surface area contributed by atoms with Crippen molar-refractivity contribution in [3.8, 4) is 17.2 Å². The number of nitrogens with two attached hydrogens (primary N) is 1. The molecule has 6 aliphatic carbocycles. The molecule has 0 amide bonds. The van der Waals surface area contributed by atoms with Gasteiger partial charge in [-0.1, -0.05) is 31.6 Å². The number of hydrogen-bond donors (Lipinski definition) is 8. The number of carbonyl (C=O) groups is 5. The van der Waals surface area contributed by atoms with E-state index in [9.17, 15) is 74.1 Å². The first-order chi connectivity index (χ1) is 32.2. The number of benzene rings is 2. The minimum Gasteiger partial charge on any atom is -0.790 e. The van der Waals surface area contributed by atoms with Crippen LogP contribution in [0.15, 0.2) is 29.8 Å². The Morgan fingerprint density at radius 3 is 2.25 bits per heavy atom. The molecule has 9 N–H and O–H groups in total. The first kappa shape index (κ1) is 58.0. The second-order valence-electron chi connectivity index (χ2n) is 20.3. The quantitative estimate of drug-likeness (QED) is 0.0564. The SMILES string of the molecule is COc1cccc2c1C(=O)c1c(O)c3c(c(O)c1C2=O)C[C@@](O)(C(=O)CO)C[C@@H]3O[C@H]1C[C@H](N)[C@@H](O)[C@H](C)O1.C[C@]12CCC(=O)C=C1CC[C@@H]1[C@@H]2[C@@H](O)C[C@@]2(C)[C@H]1CC[C@]2(O)C(=O)COP(=O)([O-])[O-].[Na+].[Na+]. The fraction of sp³-hybridized carbons (Fsp3) is 0.604. The average Bonchev–Trinajstić information content (AvgIpc) is 3.56. The Morgan fingerprint density at radius 1 is 0.944 bits per heavy atom. The fourth-order valence-electron chi connectivity index (χ4n) is 13.2. The van der Waals surface area contributed by atoms with E-state index >= 15 is 0 Å². The fourth-order valence-corrected chi connectivity index (χ4v) is 13.4. The predicted octanol–water partition coefficient (Wildman–Crippen LogP) is -5.36. The number of ketones is 5. The van der Waals surface area contributed by atoms with Crippen molar-refractivity contribution < 1.29 is 152 Å². The van der Waals surface area contributed by atoms with Gasteiger partial charge in [0.1, 0.15) is 41.7 Å². The number of phosphoric acid groups is 1. The molecule has 4 fully saturated rings. The molecular formula is C48H58NNa2O19P. The van der Waals surface area contributed by atoms with Crippen LogP contribution in [0.5, 0.6) is 17.2 Å². The number of aliphatic hydroxyl groups excluding tert-OH is 3. The van der Waals surface area contributed by atoms with Crippen LogP contribution in [0, 0.1) is 28.6 Å². The van der Waals surface area contributed by atoms with E-state index in [0.717, 1.165) is 18.4 Å². The van der Waals surface area contributed by atoms with E-state index in [1.807, 2.05) is 0 Å². The maximum Gasteiger partial charge on any atom is 1.00 e. The van der Waals surface area contributed by atoms with Crippen molar-refractivity contribution in [2.45, 2.75) is 133 Å². The van der Waals surface area contributed by atoms with Gasteiger partial charge in [0.15, 0.2) is 29.4 Å². The second kappa shape index (κ2) is 21.0. The Balaban J connectivity index is 0.000000233. The molecule has 9 rings (SSSR count). The van der Waals surface area contributed by atoms with E-state index in [0.29, 0.717) is 19.3 Å². The molecular weight excluding hydrogens is 971 g/mol. The number of allylic oxidation sites excluding steroid dienone is 1. The summed E-state index contributed by atoms with van der Waals surface area (Å²) in [6, 6.07) is 3.64. The number of hydrogen-bond acceptors (Lipinski definition) is 20. The van der Waals surface area contributed by atoms with Crippen molar-refractivity contribution in [2.75, 3.05) is 20.3 Å². The van der Waals surface area contributed by atoms with E-state index in [2.05, 4.69) is 11.4 Å². The molecule has 376 valence electrons. The molecule has 1 heterocycles. The molecule has 20 nitrogen and oxygen atoms in total. The van der Waals surface area contributed by atoms with Crippen LogP contribution < -0.4 is 79.4 Å². The zero-order valence-corrected chi connectivity index (χ0v) is 45.4. The Labute approximate surface area is 453 Å². The molecule has 1 aliphatic heterocycles. The minimum absolute atomic E-state index is 0. The Hall–Kier alpha value is -2.28. The number of phenolic OH excluding ortho intramolecular Hbond substituents is 2. The number of fused-ring (bicyclic) bond motifs is 8. The van der Waals surface area contributed by atoms with Gasteiger partial charge >= 0.3 is 59.1 Å².